The number of aromatic nitrogens is 2. The lowest BCUT2D eigenvalue weighted by Crippen LogP contribution is -2.30. The first-order valence-electron chi connectivity index (χ1n) is 14.9. The molecule has 11 nitrogen and oxygen atoms in total. The van der Waals surface area contributed by atoms with E-state index >= 15 is 0 Å². The quantitative estimate of drug-likeness (QED) is 0.141. The van der Waals surface area contributed by atoms with E-state index in [0.717, 1.165) is 12.8 Å². The maximum Gasteiger partial charge on any atom is 0.307 e. The number of amides is 1. The summed E-state index contributed by atoms with van der Waals surface area (Å²) in [6.07, 6.45) is 6.94. The second kappa shape index (κ2) is 16.7. The third-order valence-electron chi connectivity index (χ3n) is 6.86. The Morgan fingerprint density at radius 1 is 1.04 bits per heavy atom. The van der Waals surface area contributed by atoms with Crippen molar-refractivity contribution < 1.29 is 33.0 Å². The molecule has 0 aliphatic heterocycles. The predicted molar refractivity (Wildman–Crippen MR) is 169 cm³/mol. The molecule has 13 heteroatoms. The molecule has 0 radical (unpaired) electrons. The molecule has 1 aliphatic rings. The molecule has 3 aromatic rings. The van der Waals surface area contributed by atoms with E-state index in [2.05, 4.69) is 20.6 Å². The Labute approximate surface area is 266 Å². The number of nitrogens with zero attached hydrogens (tertiary/aromatic N) is 3. The minimum Gasteiger partial charge on any atom is -0.491 e. The van der Waals surface area contributed by atoms with Gasteiger partial charge in [-0.2, -0.15) is 0 Å². The fourth-order valence-electron chi connectivity index (χ4n) is 4.35. The van der Waals surface area contributed by atoms with Crippen LogP contribution in [0.25, 0.3) is 10.9 Å². The summed E-state index contributed by atoms with van der Waals surface area (Å²) in [5, 5.41) is 6.59. The molecule has 1 aliphatic carbocycles. The second-order valence-electron chi connectivity index (χ2n) is 10.4. The highest BCUT2D eigenvalue weighted by Crippen LogP contribution is 2.36. The summed E-state index contributed by atoms with van der Waals surface area (Å²) in [6.45, 7) is 5.58. The minimum absolute atomic E-state index is 0.0331. The van der Waals surface area contributed by atoms with Gasteiger partial charge in [0.25, 0.3) is 0 Å². The van der Waals surface area contributed by atoms with Gasteiger partial charge in [-0.05, 0) is 56.9 Å². The number of hydrogen-bond acceptors (Lipinski definition) is 10. The van der Waals surface area contributed by atoms with Gasteiger partial charge in [-0.1, -0.05) is 17.7 Å². The van der Waals surface area contributed by atoms with Crippen LogP contribution in [0.4, 0.5) is 21.6 Å². The number of hydrogen-bond donors (Lipinski definition) is 2. The van der Waals surface area contributed by atoms with Gasteiger partial charge in [-0.3, -0.25) is 19.3 Å². The lowest BCUT2D eigenvalue weighted by Gasteiger charge is -2.19. The number of esters is 2. The number of anilines is 3. The third-order valence-corrected chi connectivity index (χ3v) is 7.15. The van der Waals surface area contributed by atoms with Crippen LogP contribution in [-0.2, 0) is 23.9 Å². The lowest BCUT2D eigenvalue weighted by molar-refractivity contribution is -0.143. The van der Waals surface area contributed by atoms with Crippen LogP contribution < -0.4 is 15.4 Å². The fraction of sp³-hybridized carbons (Fsp3) is 0.406. The number of benzene rings is 2. The first kappa shape index (κ1) is 33.6. The van der Waals surface area contributed by atoms with Crippen molar-refractivity contribution in [3.8, 4) is 5.75 Å². The van der Waals surface area contributed by atoms with E-state index in [0.29, 0.717) is 66.0 Å². The van der Waals surface area contributed by atoms with Crippen LogP contribution in [0.2, 0.25) is 5.02 Å². The molecular formula is C32H37ClFN5O6. The Bertz CT molecular complexity index is 1510. The first-order valence-corrected chi connectivity index (χ1v) is 15.3. The predicted octanol–water partition coefficient (Wildman–Crippen LogP) is 5.66. The highest BCUT2D eigenvalue weighted by molar-refractivity contribution is 6.31. The van der Waals surface area contributed by atoms with Crippen LogP contribution in [0.15, 0.2) is 48.8 Å². The summed E-state index contributed by atoms with van der Waals surface area (Å²) in [4.78, 5) is 47.4. The number of ether oxygens (including phenoxy) is 3. The zero-order valence-corrected chi connectivity index (χ0v) is 26.1. The summed E-state index contributed by atoms with van der Waals surface area (Å²) in [5.41, 5.74) is 1.53. The highest BCUT2D eigenvalue weighted by Gasteiger charge is 2.23. The van der Waals surface area contributed by atoms with Gasteiger partial charge in [0.2, 0.25) is 5.91 Å². The molecule has 240 valence electrons. The Balaban J connectivity index is 1.49. The molecular weight excluding hydrogens is 605 g/mol. The molecule has 1 saturated carbocycles. The van der Waals surface area contributed by atoms with Crippen LogP contribution in [0.1, 0.15) is 39.5 Å². The Morgan fingerprint density at radius 2 is 1.76 bits per heavy atom. The van der Waals surface area contributed by atoms with E-state index < -0.39 is 11.7 Å². The van der Waals surface area contributed by atoms with Crippen molar-refractivity contribution in [2.75, 3.05) is 50.1 Å². The minimum atomic E-state index is -0.536. The fourth-order valence-corrected chi connectivity index (χ4v) is 4.53. The average Bonchev–Trinajstić information content (AvgIpc) is 3.84. The van der Waals surface area contributed by atoms with Gasteiger partial charge in [0.15, 0.2) is 0 Å². The normalized spacial score (nSPS) is 12.8. The maximum absolute atomic E-state index is 13.7. The Kier molecular flexibility index (Phi) is 12.5. The number of rotatable bonds is 17. The zero-order chi connectivity index (χ0) is 32.2. The van der Waals surface area contributed by atoms with Crippen molar-refractivity contribution in [3.05, 3.63) is 59.7 Å². The summed E-state index contributed by atoms with van der Waals surface area (Å²) in [7, 11) is 0. The summed E-state index contributed by atoms with van der Waals surface area (Å²) < 4.78 is 29.8. The van der Waals surface area contributed by atoms with E-state index in [1.165, 1.54) is 24.5 Å². The first-order chi connectivity index (χ1) is 21.7. The maximum atomic E-state index is 13.7. The van der Waals surface area contributed by atoms with E-state index in [4.69, 9.17) is 25.8 Å². The van der Waals surface area contributed by atoms with Gasteiger partial charge in [0, 0.05) is 42.9 Å². The van der Waals surface area contributed by atoms with Crippen LogP contribution in [0.3, 0.4) is 0 Å². The smallest absolute Gasteiger partial charge is 0.307 e. The van der Waals surface area contributed by atoms with Crippen molar-refractivity contribution in [3.63, 3.8) is 0 Å². The van der Waals surface area contributed by atoms with Crippen LogP contribution in [0.5, 0.6) is 5.75 Å². The van der Waals surface area contributed by atoms with Gasteiger partial charge in [-0.15, -0.1) is 0 Å². The summed E-state index contributed by atoms with van der Waals surface area (Å²) in [6, 6.07) is 7.72. The van der Waals surface area contributed by atoms with Gasteiger partial charge >= 0.3 is 11.9 Å². The molecule has 4 rings (SSSR count). The van der Waals surface area contributed by atoms with Gasteiger partial charge in [-0.25, -0.2) is 14.4 Å². The second-order valence-corrected chi connectivity index (χ2v) is 10.8. The molecule has 1 amide bonds. The van der Waals surface area contributed by atoms with Crippen molar-refractivity contribution in [2.45, 2.75) is 39.5 Å². The number of carbonyl (C=O) groups excluding carboxylic acids is 3. The summed E-state index contributed by atoms with van der Waals surface area (Å²) in [5.74, 6) is -0.237. The van der Waals surface area contributed by atoms with Gasteiger partial charge in [0.05, 0.1) is 48.9 Å². The summed E-state index contributed by atoms with van der Waals surface area (Å²) >= 11 is 5.95. The monoisotopic (exact) mass is 641 g/mol. The molecule has 0 saturated heterocycles. The molecule has 0 unspecified atom stereocenters. The number of fused-ring (bicyclic) bond motifs is 1. The van der Waals surface area contributed by atoms with Gasteiger partial charge in [0.1, 0.15) is 23.7 Å². The average molecular weight is 642 g/mol. The molecule has 1 fully saturated rings. The standard InChI is InChI=1S/C32H37ClFN5O6/c1-3-43-30(41)11-14-39(15-12-31(42)44-4-2)13-5-6-29(40)38-27-17-23-26(18-28(27)45-19-21-7-8-21)35-20-36-32(23)37-22-9-10-25(34)24(33)16-22/h5-6,9-10,16-18,20-21H,3-4,7-8,11-15,19H2,1-2H3,(H,38,40)(H,35,36,37). The van der Waals surface area contributed by atoms with E-state index in [9.17, 15) is 18.8 Å². The van der Waals surface area contributed by atoms with E-state index in [1.807, 2.05) is 4.90 Å². The van der Waals surface area contributed by atoms with E-state index in [-0.39, 0.29) is 43.0 Å². The van der Waals surface area contributed by atoms with Crippen LogP contribution in [0, 0.1) is 11.7 Å². The lowest BCUT2D eigenvalue weighted by atomic mass is 10.1. The number of halogens is 2. The number of carbonyl (C=O) groups is 3. The largest absolute Gasteiger partial charge is 0.491 e. The molecule has 0 bridgehead atoms. The van der Waals surface area contributed by atoms with Crippen molar-refractivity contribution in [1.82, 2.24) is 14.9 Å². The van der Waals surface area contributed by atoms with Crippen molar-refractivity contribution in [1.29, 1.82) is 0 Å². The van der Waals surface area contributed by atoms with Crippen molar-refractivity contribution in [2.24, 2.45) is 5.92 Å². The third kappa shape index (κ3) is 10.7. The van der Waals surface area contributed by atoms with Crippen LogP contribution in [-0.4, -0.2) is 72.2 Å². The molecule has 0 atom stereocenters. The molecule has 2 aromatic carbocycles. The van der Waals surface area contributed by atoms with Crippen LogP contribution >= 0.6 is 11.6 Å². The van der Waals surface area contributed by atoms with Crippen molar-refractivity contribution >= 4 is 57.5 Å². The SMILES string of the molecule is CCOC(=O)CCN(CC=CC(=O)Nc1cc2c(Nc3ccc(F)c(Cl)c3)ncnc2cc1OCC1CC1)CCC(=O)OCC. The number of nitrogens with one attached hydrogen (secondary N) is 2. The highest BCUT2D eigenvalue weighted by atomic mass is 35.5. The molecule has 0 spiro atoms. The van der Waals surface area contributed by atoms with E-state index in [1.54, 1.807) is 38.1 Å². The Morgan fingerprint density at radius 3 is 2.40 bits per heavy atom. The Hall–Kier alpha value is -4.29. The molecule has 1 heterocycles. The van der Waals surface area contributed by atoms with Gasteiger partial charge < -0.3 is 24.8 Å². The topological polar surface area (TPSA) is 132 Å². The molecule has 1 aromatic heterocycles. The molecule has 45 heavy (non-hydrogen) atoms. The zero-order valence-electron chi connectivity index (χ0n) is 25.3. The molecule has 2 N–H and O–H groups in total.